The van der Waals surface area contributed by atoms with Crippen LogP contribution < -0.4 is 15.2 Å². The minimum Gasteiger partial charge on any atom is -0.493 e. The first-order valence-electron chi connectivity index (χ1n) is 10.5. The Labute approximate surface area is 197 Å². The normalized spacial score (nSPS) is 13.6. The molecule has 4 aromatic rings. The quantitative estimate of drug-likeness (QED) is 0.351. The number of hydrogen-bond acceptors (Lipinski definition) is 6. The highest BCUT2D eigenvalue weighted by Gasteiger charge is 2.50. The van der Waals surface area contributed by atoms with E-state index in [-0.39, 0.29) is 28.6 Å². The van der Waals surface area contributed by atoms with Gasteiger partial charge in [-0.3, -0.25) is 0 Å². The first-order chi connectivity index (χ1) is 16.5. The van der Waals surface area contributed by atoms with Gasteiger partial charge in [0.25, 0.3) is 5.92 Å². The summed E-state index contributed by atoms with van der Waals surface area (Å²) in [6.07, 6.45) is 0.603. The van der Waals surface area contributed by atoms with Gasteiger partial charge in [-0.1, -0.05) is 12.1 Å². The molecule has 0 amide bonds. The van der Waals surface area contributed by atoms with Crippen molar-refractivity contribution in [3.63, 3.8) is 0 Å². The molecule has 2 aromatic carbocycles. The second-order valence-corrected chi connectivity index (χ2v) is 8.03. The lowest BCUT2D eigenvalue weighted by Crippen LogP contribution is -2.43. The molecule has 0 spiro atoms. The largest absolute Gasteiger partial charge is 0.493 e. The summed E-state index contributed by atoms with van der Waals surface area (Å²) in [4.78, 5) is 4.04. The van der Waals surface area contributed by atoms with Gasteiger partial charge in [-0.15, -0.1) is 5.10 Å². The first-order valence-corrected chi connectivity index (χ1v) is 10.5. The molecular formula is C24H22F4N4O3. The van der Waals surface area contributed by atoms with Crippen molar-refractivity contribution >= 4 is 11.6 Å². The fourth-order valence-corrected chi connectivity index (χ4v) is 3.63. The Hall–Kier alpha value is -3.86. The zero-order valence-corrected chi connectivity index (χ0v) is 18.8. The average molecular weight is 490 g/mol. The molecule has 7 nitrogen and oxygen atoms in total. The molecule has 11 heteroatoms. The van der Waals surface area contributed by atoms with Crippen molar-refractivity contribution < 1.29 is 32.1 Å². The van der Waals surface area contributed by atoms with Crippen LogP contribution in [0.1, 0.15) is 18.9 Å². The Balaban J connectivity index is 1.57. The Morgan fingerprint density at radius 2 is 1.80 bits per heavy atom. The molecular weight excluding hydrogens is 468 g/mol. The van der Waals surface area contributed by atoms with Gasteiger partial charge < -0.3 is 20.3 Å². The third-order valence-corrected chi connectivity index (χ3v) is 5.73. The summed E-state index contributed by atoms with van der Waals surface area (Å²) in [6, 6.07) is 10.2. The summed E-state index contributed by atoms with van der Waals surface area (Å²) in [5.41, 5.74) is 3.75. The van der Waals surface area contributed by atoms with E-state index < -0.39 is 36.2 Å². The number of halogens is 4. The van der Waals surface area contributed by atoms with Crippen molar-refractivity contribution in [2.45, 2.75) is 24.9 Å². The van der Waals surface area contributed by atoms with Crippen LogP contribution in [0, 0.1) is 11.6 Å². The number of fused-ring (bicyclic) bond motifs is 1. The number of aliphatic hydroxyl groups is 1. The van der Waals surface area contributed by atoms with Crippen molar-refractivity contribution in [2.24, 2.45) is 0 Å². The lowest BCUT2D eigenvalue weighted by atomic mass is 9.87. The molecule has 0 aliphatic heterocycles. The summed E-state index contributed by atoms with van der Waals surface area (Å²) in [5.74, 6) is -5.42. The molecule has 0 fully saturated rings. The van der Waals surface area contributed by atoms with Crippen LogP contribution in [0.25, 0.3) is 16.8 Å². The summed E-state index contributed by atoms with van der Waals surface area (Å²) < 4.78 is 70.3. The monoisotopic (exact) mass is 490 g/mol. The fraction of sp³-hybridized carbons (Fsp3) is 0.250. The van der Waals surface area contributed by atoms with Crippen LogP contribution in [0.15, 0.2) is 54.7 Å². The van der Waals surface area contributed by atoms with Gasteiger partial charge in [0.1, 0.15) is 5.82 Å². The summed E-state index contributed by atoms with van der Waals surface area (Å²) in [5, 5.41) is 14.4. The van der Waals surface area contributed by atoms with Crippen molar-refractivity contribution in [1.82, 2.24) is 14.6 Å². The van der Waals surface area contributed by atoms with Gasteiger partial charge in [0, 0.05) is 18.2 Å². The smallest absolute Gasteiger partial charge is 0.283 e. The minimum absolute atomic E-state index is 0.00709. The highest BCUT2D eigenvalue weighted by atomic mass is 19.3. The summed E-state index contributed by atoms with van der Waals surface area (Å²) in [6.45, 7) is 0.288. The lowest BCUT2D eigenvalue weighted by Gasteiger charge is -2.33. The van der Waals surface area contributed by atoms with E-state index in [1.807, 2.05) is 0 Å². The van der Waals surface area contributed by atoms with Crippen molar-refractivity contribution in [2.75, 3.05) is 19.5 Å². The van der Waals surface area contributed by atoms with E-state index in [2.05, 4.69) is 10.1 Å². The van der Waals surface area contributed by atoms with Crippen molar-refractivity contribution in [1.29, 1.82) is 0 Å². The van der Waals surface area contributed by atoms with Gasteiger partial charge in [0.2, 0.25) is 5.95 Å². The second kappa shape index (κ2) is 9.06. The van der Waals surface area contributed by atoms with Gasteiger partial charge in [-0.05, 0) is 54.4 Å². The molecule has 4 rings (SSSR count). The molecule has 0 aliphatic carbocycles. The molecule has 2 heterocycles. The highest BCUT2D eigenvalue weighted by molar-refractivity contribution is 5.71. The molecule has 1 atom stereocenters. The average Bonchev–Trinajstić information content (AvgIpc) is 3.19. The number of methoxy groups -OCH3 is 1. The van der Waals surface area contributed by atoms with Gasteiger partial charge >= 0.3 is 0 Å². The number of nitrogens with zero attached hydrogens (tertiary/aromatic N) is 3. The van der Waals surface area contributed by atoms with Crippen LogP contribution in [0.4, 0.5) is 23.5 Å². The predicted molar refractivity (Wildman–Crippen MR) is 120 cm³/mol. The van der Waals surface area contributed by atoms with Crippen LogP contribution in [0.5, 0.6) is 11.5 Å². The maximum Gasteiger partial charge on any atom is 0.283 e. The number of ether oxygens (including phenoxy) is 2. The number of rotatable bonds is 8. The molecule has 35 heavy (non-hydrogen) atoms. The zero-order valence-electron chi connectivity index (χ0n) is 18.8. The van der Waals surface area contributed by atoms with Gasteiger partial charge in [-0.2, -0.15) is 4.98 Å². The molecule has 2 aromatic heterocycles. The first kappa shape index (κ1) is 24.3. The summed E-state index contributed by atoms with van der Waals surface area (Å²) >= 11 is 0. The van der Waals surface area contributed by atoms with Crippen molar-refractivity contribution in [3.05, 3.63) is 71.9 Å². The Bertz CT molecular complexity index is 1360. The van der Waals surface area contributed by atoms with E-state index in [1.165, 1.54) is 23.8 Å². The Morgan fingerprint density at radius 1 is 1.09 bits per heavy atom. The standard InChI is InChI=1S/C24H22F4N4O3/c1-23(33,15-3-5-16(25)6-4-15)24(27,28)10-12-35-21-18(34-2)8-7-17(20(21)26)14-9-11-32-19(13-14)30-22(29)31-32/h3-9,11,13,33H,10,12H2,1-2H3,(H2,29,31). The Kier molecular flexibility index (Phi) is 6.28. The van der Waals surface area contributed by atoms with Crippen molar-refractivity contribution in [3.8, 4) is 22.6 Å². The molecule has 184 valence electrons. The van der Waals surface area contributed by atoms with Gasteiger partial charge in [-0.25, -0.2) is 22.1 Å². The second-order valence-electron chi connectivity index (χ2n) is 8.03. The van der Waals surface area contributed by atoms with Crippen LogP contribution in [-0.4, -0.2) is 39.3 Å². The number of nitrogens with two attached hydrogens (primary N) is 1. The SMILES string of the molecule is COc1ccc(-c2ccn3nc(N)nc3c2)c(F)c1OCCC(F)(F)C(C)(O)c1ccc(F)cc1. The molecule has 1 unspecified atom stereocenters. The molecule has 0 aliphatic rings. The molecule has 0 saturated carbocycles. The zero-order chi connectivity index (χ0) is 25.4. The molecule has 0 saturated heterocycles. The van der Waals surface area contributed by atoms with Crippen LogP contribution in [-0.2, 0) is 5.60 Å². The van der Waals surface area contributed by atoms with Gasteiger partial charge in [0.05, 0.1) is 13.7 Å². The van der Waals surface area contributed by atoms with E-state index in [0.29, 0.717) is 11.2 Å². The van der Waals surface area contributed by atoms with Crippen LogP contribution in [0.3, 0.4) is 0 Å². The van der Waals surface area contributed by atoms with Crippen LogP contribution >= 0.6 is 0 Å². The predicted octanol–water partition coefficient (Wildman–Crippen LogP) is 4.58. The van der Waals surface area contributed by atoms with E-state index in [9.17, 15) is 18.3 Å². The highest BCUT2D eigenvalue weighted by Crippen LogP contribution is 2.41. The molecule has 3 N–H and O–H groups in total. The van der Waals surface area contributed by atoms with Gasteiger partial charge in [0.15, 0.2) is 28.6 Å². The molecule has 0 bridgehead atoms. The van der Waals surface area contributed by atoms with E-state index >= 15 is 4.39 Å². The number of pyridine rings is 1. The lowest BCUT2D eigenvalue weighted by molar-refractivity contribution is -0.184. The number of anilines is 1. The van der Waals surface area contributed by atoms with Crippen LogP contribution in [0.2, 0.25) is 0 Å². The number of benzene rings is 2. The fourth-order valence-electron chi connectivity index (χ4n) is 3.63. The van der Waals surface area contributed by atoms with E-state index in [0.717, 1.165) is 31.2 Å². The minimum atomic E-state index is -3.68. The molecule has 0 radical (unpaired) electrons. The third-order valence-electron chi connectivity index (χ3n) is 5.73. The third kappa shape index (κ3) is 4.59. The number of nitrogen functional groups attached to an aromatic ring is 1. The number of aromatic nitrogens is 3. The maximum atomic E-state index is 15.4. The van der Waals surface area contributed by atoms with E-state index in [1.54, 1.807) is 18.3 Å². The Morgan fingerprint density at radius 3 is 2.49 bits per heavy atom. The number of alkyl halides is 2. The number of hydrogen-bond donors (Lipinski definition) is 2. The van der Waals surface area contributed by atoms with E-state index in [4.69, 9.17) is 15.2 Å². The summed E-state index contributed by atoms with van der Waals surface area (Å²) in [7, 11) is 1.29. The maximum absolute atomic E-state index is 15.4. The topological polar surface area (TPSA) is 94.9 Å².